The first kappa shape index (κ1) is 23.7. The summed E-state index contributed by atoms with van der Waals surface area (Å²) in [6, 6.07) is 14.2. The van der Waals surface area contributed by atoms with Crippen molar-refractivity contribution in [3.05, 3.63) is 48.0 Å². The van der Waals surface area contributed by atoms with E-state index in [4.69, 9.17) is 9.47 Å². The number of amides is 1. The minimum absolute atomic E-state index is 0.0385. The van der Waals surface area contributed by atoms with E-state index in [9.17, 15) is 9.59 Å². The van der Waals surface area contributed by atoms with E-state index in [0.717, 1.165) is 12.0 Å². The molecule has 1 amide bonds. The lowest BCUT2D eigenvalue weighted by Crippen LogP contribution is -2.52. The molecule has 4 atom stereocenters. The Balaban J connectivity index is 1.38. The highest BCUT2D eigenvalue weighted by Crippen LogP contribution is 2.47. The molecule has 4 rings (SSSR count). The molecule has 0 aromatic heterocycles. The van der Waals surface area contributed by atoms with Gasteiger partial charge in [0.25, 0.3) is 0 Å². The fourth-order valence-corrected chi connectivity index (χ4v) is 4.95. The molecule has 2 aliphatic rings. The predicted octanol–water partition coefficient (Wildman–Crippen LogP) is 4.06. The Morgan fingerprint density at radius 3 is 2.58 bits per heavy atom. The summed E-state index contributed by atoms with van der Waals surface area (Å²) in [7, 11) is 1.94. The van der Waals surface area contributed by atoms with Crippen LogP contribution in [-0.4, -0.2) is 53.7 Å². The quantitative estimate of drug-likeness (QED) is 0.642. The maximum atomic E-state index is 13.2. The van der Waals surface area contributed by atoms with Crippen LogP contribution in [0.4, 0.5) is 0 Å². The number of likely N-dealkylation sites (tertiary alicyclic amines) is 1. The van der Waals surface area contributed by atoms with Crippen LogP contribution in [0.3, 0.4) is 0 Å². The van der Waals surface area contributed by atoms with Crippen molar-refractivity contribution in [2.45, 2.75) is 76.9 Å². The largest absolute Gasteiger partial charge is 0.458 e. The lowest BCUT2D eigenvalue weighted by molar-refractivity contribution is -0.161. The van der Waals surface area contributed by atoms with Crippen molar-refractivity contribution in [3.63, 3.8) is 0 Å². The number of hydrogen-bond donors (Lipinski definition) is 1. The summed E-state index contributed by atoms with van der Waals surface area (Å²) in [5.41, 5.74) is -0.321. The Hall–Kier alpha value is -2.44. The molecule has 178 valence electrons. The van der Waals surface area contributed by atoms with Crippen molar-refractivity contribution in [1.29, 1.82) is 0 Å². The predicted molar refractivity (Wildman–Crippen MR) is 129 cm³/mol. The molecule has 1 aliphatic carbocycles. The fraction of sp³-hybridized carbons (Fsp3) is 0.556. The van der Waals surface area contributed by atoms with Crippen molar-refractivity contribution in [2.24, 2.45) is 5.92 Å². The van der Waals surface area contributed by atoms with E-state index in [1.165, 1.54) is 10.8 Å². The first-order valence-electron chi connectivity index (χ1n) is 12.0. The van der Waals surface area contributed by atoms with Crippen molar-refractivity contribution in [1.82, 2.24) is 10.2 Å². The highest BCUT2D eigenvalue weighted by Gasteiger charge is 2.62. The molecule has 0 bridgehead atoms. The normalized spacial score (nSPS) is 27.5. The number of likely N-dealkylation sites (N-methyl/N-ethyl adjacent to an activating group) is 1. The fourth-order valence-electron chi connectivity index (χ4n) is 4.95. The van der Waals surface area contributed by atoms with Crippen LogP contribution in [0.15, 0.2) is 42.5 Å². The number of ether oxygens (including phenoxy) is 2. The maximum Gasteiger partial charge on any atom is 0.332 e. The summed E-state index contributed by atoms with van der Waals surface area (Å²) in [6.07, 6.45) is 2.04. The number of esters is 1. The Morgan fingerprint density at radius 1 is 1.15 bits per heavy atom. The SMILES string of the molecule is CCC1C[C@]1(NC(=O)C1C[C@@H](OCc2cccc3ccccc23)CN1C)C(=O)OC(C)(C)C. The molecule has 33 heavy (non-hydrogen) atoms. The summed E-state index contributed by atoms with van der Waals surface area (Å²) < 4.78 is 11.9. The number of nitrogens with zero attached hydrogens (tertiary/aromatic N) is 1. The molecule has 1 saturated carbocycles. The third kappa shape index (κ3) is 5.07. The van der Waals surface area contributed by atoms with E-state index in [1.54, 1.807) is 0 Å². The van der Waals surface area contributed by atoms with Gasteiger partial charge in [0.2, 0.25) is 5.91 Å². The highest BCUT2D eigenvalue weighted by atomic mass is 16.6. The van der Waals surface area contributed by atoms with Crippen LogP contribution in [-0.2, 0) is 25.7 Å². The van der Waals surface area contributed by atoms with Gasteiger partial charge in [-0.2, -0.15) is 0 Å². The van der Waals surface area contributed by atoms with Crippen LogP contribution >= 0.6 is 0 Å². The van der Waals surface area contributed by atoms with E-state index >= 15 is 0 Å². The molecule has 2 aromatic carbocycles. The van der Waals surface area contributed by atoms with E-state index in [2.05, 4.69) is 29.6 Å². The van der Waals surface area contributed by atoms with Crippen molar-refractivity contribution in [2.75, 3.05) is 13.6 Å². The second-order valence-electron chi connectivity index (χ2n) is 10.5. The zero-order chi connectivity index (χ0) is 23.8. The van der Waals surface area contributed by atoms with Gasteiger partial charge in [0.05, 0.1) is 18.8 Å². The first-order valence-corrected chi connectivity index (χ1v) is 12.0. The topological polar surface area (TPSA) is 67.9 Å². The van der Waals surface area contributed by atoms with Gasteiger partial charge in [-0.05, 0) is 62.9 Å². The summed E-state index contributed by atoms with van der Waals surface area (Å²) in [5.74, 6) is -0.309. The smallest absolute Gasteiger partial charge is 0.332 e. The number of carbonyl (C=O) groups excluding carboxylic acids is 2. The zero-order valence-corrected chi connectivity index (χ0v) is 20.4. The molecule has 1 heterocycles. The van der Waals surface area contributed by atoms with E-state index in [-0.39, 0.29) is 29.9 Å². The van der Waals surface area contributed by atoms with Gasteiger partial charge in [0.15, 0.2) is 0 Å². The van der Waals surface area contributed by atoms with Gasteiger partial charge in [-0.3, -0.25) is 9.69 Å². The second kappa shape index (κ2) is 9.07. The molecule has 1 saturated heterocycles. The number of benzene rings is 2. The second-order valence-corrected chi connectivity index (χ2v) is 10.5. The molecule has 2 fully saturated rings. The van der Waals surface area contributed by atoms with Gasteiger partial charge in [-0.25, -0.2) is 4.79 Å². The Labute approximate surface area is 196 Å². The third-order valence-corrected chi connectivity index (χ3v) is 6.87. The van der Waals surface area contributed by atoms with Crippen molar-refractivity contribution >= 4 is 22.6 Å². The maximum absolute atomic E-state index is 13.2. The summed E-state index contributed by atoms with van der Waals surface area (Å²) in [6.45, 7) is 8.79. The summed E-state index contributed by atoms with van der Waals surface area (Å²) in [4.78, 5) is 28.1. The monoisotopic (exact) mass is 452 g/mol. The lowest BCUT2D eigenvalue weighted by atomic mass is 10.1. The number of fused-ring (bicyclic) bond motifs is 1. The van der Waals surface area contributed by atoms with Gasteiger partial charge in [-0.1, -0.05) is 55.8 Å². The summed E-state index contributed by atoms with van der Waals surface area (Å²) >= 11 is 0. The van der Waals surface area contributed by atoms with E-state index in [0.29, 0.717) is 26.0 Å². The number of nitrogens with one attached hydrogen (secondary N) is 1. The van der Waals surface area contributed by atoms with Gasteiger partial charge in [-0.15, -0.1) is 0 Å². The van der Waals surface area contributed by atoms with Crippen LogP contribution in [0.5, 0.6) is 0 Å². The highest BCUT2D eigenvalue weighted by molar-refractivity contribution is 5.93. The molecule has 2 aromatic rings. The third-order valence-electron chi connectivity index (χ3n) is 6.87. The van der Waals surface area contributed by atoms with Crippen LogP contribution < -0.4 is 5.32 Å². The van der Waals surface area contributed by atoms with Crippen LogP contribution in [0, 0.1) is 5.92 Å². The Kier molecular flexibility index (Phi) is 6.52. The van der Waals surface area contributed by atoms with Crippen LogP contribution in [0.1, 0.15) is 52.5 Å². The van der Waals surface area contributed by atoms with E-state index < -0.39 is 11.1 Å². The molecular formula is C27H36N2O4. The molecule has 6 nitrogen and oxygen atoms in total. The van der Waals surface area contributed by atoms with Gasteiger partial charge >= 0.3 is 5.97 Å². The van der Waals surface area contributed by atoms with Crippen molar-refractivity contribution in [3.8, 4) is 0 Å². The van der Waals surface area contributed by atoms with Gasteiger partial charge in [0, 0.05) is 6.54 Å². The van der Waals surface area contributed by atoms with Gasteiger partial charge < -0.3 is 14.8 Å². The molecule has 0 radical (unpaired) electrons. The number of carbonyl (C=O) groups is 2. The lowest BCUT2D eigenvalue weighted by Gasteiger charge is -2.27. The average Bonchev–Trinajstić information content (AvgIpc) is 3.35. The average molecular weight is 453 g/mol. The molecule has 1 N–H and O–H groups in total. The van der Waals surface area contributed by atoms with Crippen LogP contribution in [0.2, 0.25) is 0 Å². The van der Waals surface area contributed by atoms with Gasteiger partial charge in [0.1, 0.15) is 11.1 Å². The first-order chi connectivity index (χ1) is 15.6. The van der Waals surface area contributed by atoms with Crippen LogP contribution in [0.25, 0.3) is 10.8 Å². The standard InChI is InChI=1S/C27H36N2O4/c1-6-20-15-27(20,25(31)33-26(2,3)4)28-24(30)23-14-21(16-29(23)5)32-17-19-12-9-11-18-10-7-8-13-22(18)19/h7-13,20-21,23H,6,14-17H2,1-5H3,(H,28,30)/t20?,21-,23?,27-/m1/s1. The minimum Gasteiger partial charge on any atom is -0.458 e. The number of hydrogen-bond acceptors (Lipinski definition) is 5. The molecule has 1 aliphatic heterocycles. The molecular weight excluding hydrogens is 416 g/mol. The number of rotatable bonds is 7. The zero-order valence-electron chi connectivity index (χ0n) is 20.4. The minimum atomic E-state index is -0.887. The van der Waals surface area contributed by atoms with Crippen molar-refractivity contribution < 1.29 is 19.1 Å². The Bertz CT molecular complexity index is 1020. The van der Waals surface area contributed by atoms with E-state index in [1.807, 2.05) is 57.8 Å². The molecule has 0 spiro atoms. The molecule has 2 unspecified atom stereocenters. The molecule has 6 heteroatoms. The summed E-state index contributed by atoms with van der Waals surface area (Å²) in [5, 5.41) is 5.46. The Morgan fingerprint density at radius 2 is 1.88 bits per heavy atom.